The summed E-state index contributed by atoms with van der Waals surface area (Å²) in [6.07, 6.45) is 0.731. The van der Waals surface area contributed by atoms with Gasteiger partial charge in [-0.2, -0.15) is 18.2 Å². The van der Waals surface area contributed by atoms with E-state index in [4.69, 9.17) is 5.73 Å². The van der Waals surface area contributed by atoms with Gasteiger partial charge in [0.2, 0.25) is 11.9 Å². The highest BCUT2D eigenvalue weighted by molar-refractivity contribution is 5.49. The summed E-state index contributed by atoms with van der Waals surface area (Å²) < 4.78 is 40.1. The van der Waals surface area contributed by atoms with Crippen LogP contribution in [0.5, 0.6) is 0 Å². The van der Waals surface area contributed by atoms with Gasteiger partial charge in [-0.3, -0.25) is 0 Å². The number of nitrogens with zero attached hydrogens (tertiary/aromatic N) is 6. The van der Waals surface area contributed by atoms with Gasteiger partial charge in [-0.15, -0.1) is 0 Å². The molecule has 7 nitrogen and oxygen atoms in total. The average molecular weight is 393 g/mol. The van der Waals surface area contributed by atoms with Gasteiger partial charge in [-0.1, -0.05) is 0 Å². The summed E-state index contributed by atoms with van der Waals surface area (Å²) in [5.74, 6) is 0.567. The van der Waals surface area contributed by atoms with Crippen LogP contribution in [0, 0.1) is 0 Å². The molecule has 1 atom stereocenters. The molecule has 0 radical (unpaired) electrons. The van der Waals surface area contributed by atoms with Crippen LogP contribution in [0.1, 0.15) is 36.2 Å². The molecule has 2 N–H and O–H groups in total. The molecule has 4 rings (SSSR count). The fourth-order valence-corrected chi connectivity index (χ4v) is 4.21. The highest BCUT2D eigenvalue weighted by atomic mass is 19.4. The van der Waals surface area contributed by atoms with Gasteiger partial charge < -0.3 is 15.5 Å². The van der Waals surface area contributed by atoms with Crippen molar-refractivity contribution in [2.75, 3.05) is 42.7 Å². The number of aromatic nitrogens is 4. The maximum atomic E-state index is 13.4. The van der Waals surface area contributed by atoms with E-state index in [1.807, 2.05) is 4.90 Å². The van der Waals surface area contributed by atoms with Crippen molar-refractivity contribution >= 4 is 17.7 Å². The Labute approximate surface area is 160 Å². The van der Waals surface area contributed by atoms with Gasteiger partial charge in [0, 0.05) is 44.9 Å². The zero-order valence-corrected chi connectivity index (χ0v) is 15.8. The Morgan fingerprint density at radius 1 is 1.18 bits per heavy atom. The number of alkyl halides is 3. The first kappa shape index (κ1) is 18.7. The number of halogens is 3. The number of rotatable bonds is 2. The average Bonchev–Trinajstić information content (AvgIpc) is 2.98. The molecule has 1 spiro atoms. The minimum atomic E-state index is -4.53. The number of hydrogen-bond acceptors (Lipinski definition) is 7. The van der Waals surface area contributed by atoms with Crippen LogP contribution in [0.2, 0.25) is 0 Å². The van der Waals surface area contributed by atoms with E-state index in [1.54, 1.807) is 20.3 Å². The molecule has 0 amide bonds. The maximum Gasteiger partial charge on any atom is 0.433 e. The second-order valence-electron chi connectivity index (χ2n) is 7.71. The van der Waals surface area contributed by atoms with Crippen LogP contribution in [-0.4, -0.2) is 47.1 Å². The third kappa shape index (κ3) is 3.20. The number of piperidine rings is 1. The summed E-state index contributed by atoms with van der Waals surface area (Å²) in [4.78, 5) is 20.0. The van der Waals surface area contributed by atoms with Crippen LogP contribution < -0.4 is 15.5 Å². The highest BCUT2D eigenvalue weighted by Crippen LogP contribution is 2.45. The van der Waals surface area contributed by atoms with Gasteiger partial charge in [0.15, 0.2) is 5.69 Å². The first-order valence-electron chi connectivity index (χ1n) is 9.18. The Balaban J connectivity index is 1.72. The molecule has 150 valence electrons. The van der Waals surface area contributed by atoms with Crippen molar-refractivity contribution in [1.82, 2.24) is 19.9 Å². The summed E-state index contributed by atoms with van der Waals surface area (Å²) in [7, 11) is 3.26. The summed E-state index contributed by atoms with van der Waals surface area (Å²) in [6.45, 7) is 1.19. The molecule has 1 aliphatic carbocycles. The van der Waals surface area contributed by atoms with Gasteiger partial charge in [0.1, 0.15) is 5.82 Å². The Bertz CT molecular complexity index is 895. The van der Waals surface area contributed by atoms with E-state index in [0.29, 0.717) is 18.9 Å². The first-order chi connectivity index (χ1) is 13.2. The number of anilines is 3. The SMILES string of the molecule is CN(C)c1nc(N2CCCC3(CCc4cnc(N)nc43)C2)cc(C(F)(F)F)n1. The molecule has 1 unspecified atom stereocenters. The molecule has 1 aliphatic heterocycles. The Morgan fingerprint density at radius 3 is 2.68 bits per heavy atom. The lowest BCUT2D eigenvalue weighted by molar-refractivity contribution is -0.141. The Hall–Kier alpha value is -2.65. The lowest BCUT2D eigenvalue weighted by atomic mass is 9.77. The van der Waals surface area contributed by atoms with E-state index < -0.39 is 11.9 Å². The lowest BCUT2D eigenvalue weighted by Gasteiger charge is -2.41. The molecule has 2 aliphatic rings. The van der Waals surface area contributed by atoms with Crippen molar-refractivity contribution in [2.24, 2.45) is 0 Å². The molecule has 28 heavy (non-hydrogen) atoms. The normalized spacial score (nSPS) is 21.8. The van der Waals surface area contributed by atoms with Crippen LogP contribution in [-0.2, 0) is 18.0 Å². The third-order valence-electron chi connectivity index (χ3n) is 5.55. The topological polar surface area (TPSA) is 84.1 Å². The minimum Gasteiger partial charge on any atom is -0.368 e. The predicted octanol–water partition coefficient (Wildman–Crippen LogP) is 2.42. The van der Waals surface area contributed by atoms with Gasteiger partial charge in [-0.25, -0.2) is 15.0 Å². The maximum absolute atomic E-state index is 13.4. The van der Waals surface area contributed by atoms with Crippen molar-refractivity contribution in [2.45, 2.75) is 37.3 Å². The predicted molar refractivity (Wildman–Crippen MR) is 99.3 cm³/mol. The molecule has 1 saturated heterocycles. The molecule has 0 bridgehead atoms. The monoisotopic (exact) mass is 393 g/mol. The number of nitrogen functional groups attached to an aromatic ring is 1. The highest BCUT2D eigenvalue weighted by Gasteiger charge is 2.44. The lowest BCUT2D eigenvalue weighted by Crippen LogP contribution is -2.46. The van der Waals surface area contributed by atoms with Crippen molar-refractivity contribution in [3.63, 3.8) is 0 Å². The van der Waals surface area contributed by atoms with E-state index in [2.05, 4.69) is 19.9 Å². The largest absolute Gasteiger partial charge is 0.433 e. The van der Waals surface area contributed by atoms with E-state index in [9.17, 15) is 13.2 Å². The molecule has 10 heteroatoms. The standard InChI is InChI=1S/C18H22F3N7/c1-27(2)16-24-12(18(19,20)21)8-13(25-16)28-7-3-5-17(10-28)6-4-11-9-23-15(22)26-14(11)17/h8-9H,3-7,10H2,1-2H3,(H2,22,23,26). The second-order valence-corrected chi connectivity index (χ2v) is 7.71. The molecular formula is C18H22F3N7. The van der Waals surface area contributed by atoms with Gasteiger partial charge >= 0.3 is 6.18 Å². The van der Waals surface area contributed by atoms with E-state index in [-0.39, 0.29) is 17.3 Å². The van der Waals surface area contributed by atoms with Crippen molar-refractivity contribution < 1.29 is 13.2 Å². The van der Waals surface area contributed by atoms with Crippen LogP contribution in [0.25, 0.3) is 0 Å². The molecule has 1 fully saturated rings. The Kier molecular flexibility index (Phi) is 4.31. The minimum absolute atomic E-state index is 0.0443. The third-order valence-corrected chi connectivity index (χ3v) is 5.55. The molecule has 2 aromatic rings. The number of fused-ring (bicyclic) bond motifs is 2. The zero-order valence-electron chi connectivity index (χ0n) is 15.8. The van der Waals surface area contributed by atoms with Crippen molar-refractivity contribution in [1.29, 1.82) is 0 Å². The van der Waals surface area contributed by atoms with Gasteiger partial charge in [-0.05, 0) is 31.2 Å². The van der Waals surface area contributed by atoms with Crippen molar-refractivity contribution in [3.05, 3.63) is 29.2 Å². The van der Waals surface area contributed by atoms with E-state index in [0.717, 1.165) is 43.0 Å². The molecule has 0 saturated carbocycles. The smallest absolute Gasteiger partial charge is 0.368 e. The van der Waals surface area contributed by atoms with E-state index >= 15 is 0 Å². The van der Waals surface area contributed by atoms with Crippen LogP contribution >= 0.6 is 0 Å². The summed E-state index contributed by atoms with van der Waals surface area (Å²) in [6, 6.07) is 1.04. The second kappa shape index (κ2) is 6.46. The Morgan fingerprint density at radius 2 is 1.96 bits per heavy atom. The zero-order chi connectivity index (χ0) is 20.1. The summed E-state index contributed by atoms with van der Waals surface area (Å²) >= 11 is 0. The molecular weight excluding hydrogens is 371 g/mol. The van der Waals surface area contributed by atoms with Crippen LogP contribution in [0.3, 0.4) is 0 Å². The molecule has 0 aromatic carbocycles. The number of nitrogens with two attached hydrogens (primary N) is 1. The number of aryl methyl sites for hydroxylation is 1. The van der Waals surface area contributed by atoms with Gasteiger partial charge in [0.25, 0.3) is 0 Å². The van der Waals surface area contributed by atoms with Crippen molar-refractivity contribution in [3.8, 4) is 0 Å². The number of hydrogen-bond donors (Lipinski definition) is 1. The molecule has 2 aromatic heterocycles. The first-order valence-corrected chi connectivity index (χ1v) is 9.18. The van der Waals surface area contributed by atoms with Crippen LogP contribution in [0.4, 0.5) is 30.9 Å². The quantitative estimate of drug-likeness (QED) is 0.839. The fraction of sp³-hybridized carbons (Fsp3) is 0.556. The summed E-state index contributed by atoms with van der Waals surface area (Å²) in [5, 5.41) is 0. The van der Waals surface area contributed by atoms with Gasteiger partial charge in [0.05, 0.1) is 5.69 Å². The summed E-state index contributed by atoms with van der Waals surface area (Å²) in [5.41, 5.74) is 6.65. The fourth-order valence-electron chi connectivity index (χ4n) is 4.21. The van der Waals surface area contributed by atoms with E-state index in [1.165, 1.54) is 4.90 Å². The molecule has 3 heterocycles. The van der Waals surface area contributed by atoms with Crippen LogP contribution in [0.15, 0.2) is 12.3 Å².